The van der Waals surface area contributed by atoms with E-state index in [2.05, 4.69) is 26.1 Å². The fourth-order valence-electron chi connectivity index (χ4n) is 3.07. The summed E-state index contributed by atoms with van der Waals surface area (Å²) in [5, 5.41) is 2.95. The molecule has 2 heterocycles. The predicted octanol–water partition coefficient (Wildman–Crippen LogP) is 3.70. The quantitative estimate of drug-likeness (QED) is 0.831. The third-order valence-corrected chi connectivity index (χ3v) is 4.97. The monoisotopic (exact) mass is 414 g/mol. The lowest BCUT2D eigenvalue weighted by atomic mass is 10.1. The molecule has 1 N–H and O–H groups in total. The Balaban J connectivity index is 1.45. The second kappa shape index (κ2) is 7.51. The second-order valence-electron chi connectivity index (χ2n) is 6.24. The van der Waals surface area contributed by atoms with Gasteiger partial charge in [-0.1, -0.05) is 15.9 Å². The van der Waals surface area contributed by atoms with E-state index in [9.17, 15) is 4.79 Å². The Bertz CT molecular complexity index is 843. The number of benzene rings is 2. The minimum absolute atomic E-state index is 0.144. The molecule has 2 aromatic rings. The Hall–Kier alpha value is -2.31. The van der Waals surface area contributed by atoms with Crippen LogP contribution in [0.5, 0.6) is 5.75 Å². The normalized spacial score (nSPS) is 16.3. The van der Waals surface area contributed by atoms with Gasteiger partial charge < -0.3 is 19.7 Å². The molecule has 0 spiro atoms. The number of nitrogens with one attached hydrogen (secondary N) is 1. The summed E-state index contributed by atoms with van der Waals surface area (Å²) in [4.78, 5) is 14.8. The molecular formula is C20H19BrN2O3. The smallest absolute Gasteiger partial charge is 0.255 e. The van der Waals surface area contributed by atoms with Crippen molar-refractivity contribution in [3.05, 3.63) is 58.1 Å². The number of carbonyl (C=O) groups is 1. The molecular weight excluding hydrogens is 396 g/mol. The molecule has 0 unspecified atom stereocenters. The van der Waals surface area contributed by atoms with Crippen LogP contribution in [0.2, 0.25) is 0 Å². The molecule has 2 aliphatic rings. The number of amides is 1. The Morgan fingerprint density at radius 3 is 2.62 bits per heavy atom. The van der Waals surface area contributed by atoms with E-state index in [1.807, 2.05) is 48.5 Å². The zero-order valence-electron chi connectivity index (χ0n) is 14.2. The molecule has 0 radical (unpaired) electrons. The number of hydrogen-bond donors (Lipinski definition) is 1. The summed E-state index contributed by atoms with van der Waals surface area (Å²) in [5.41, 5.74) is 3.42. The zero-order valence-corrected chi connectivity index (χ0v) is 15.8. The van der Waals surface area contributed by atoms with E-state index in [0.29, 0.717) is 5.57 Å². The maximum absolute atomic E-state index is 12.6. The minimum Gasteiger partial charge on any atom is -0.488 e. The van der Waals surface area contributed by atoms with Crippen LogP contribution in [0.3, 0.4) is 0 Å². The largest absolute Gasteiger partial charge is 0.488 e. The third-order valence-electron chi connectivity index (χ3n) is 4.48. The SMILES string of the molecule is O=C(Nc1ccc(N2CCOCC2)cc1)C1=Cc2cc(Br)ccc2OC1. The summed E-state index contributed by atoms with van der Waals surface area (Å²) < 4.78 is 12.0. The van der Waals surface area contributed by atoms with E-state index in [1.54, 1.807) is 0 Å². The summed E-state index contributed by atoms with van der Waals surface area (Å²) in [6.45, 7) is 3.57. The standard InChI is InChI=1S/C20H19BrN2O3/c21-16-1-6-19-14(12-16)11-15(13-26-19)20(24)22-17-2-4-18(5-3-17)23-7-9-25-10-8-23/h1-6,11-12H,7-10,13H2,(H,22,24). The van der Waals surface area contributed by atoms with Crippen molar-refractivity contribution in [1.29, 1.82) is 0 Å². The molecule has 0 saturated carbocycles. The van der Waals surface area contributed by atoms with Gasteiger partial charge in [-0.15, -0.1) is 0 Å². The Labute approximate surface area is 160 Å². The Morgan fingerprint density at radius 1 is 1.08 bits per heavy atom. The highest BCUT2D eigenvalue weighted by molar-refractivity contribution is 9.10. The maximum atomic E-state index is 12.6. The van der Waals surface area contributed by atoms with Crippen molar-refractivity contribution in [3.8, 4) is 5.75 Å². The Kier molecular flexibility index (Phi) is 4.95. The van der Waals surface area contributed by atoms with E-state index >= 15 is 0 Å². The van der Waals surface area contributed by atoms with Gasteiger partial charge in [-0.25, -0.2) is 0 Å². The van der Waals surface area contributed by atoms with E-state index in [-0.39, 0.29) is 12.5 Å². The van der Waals surface area contributed by atoms with Crippen LogP contribution in [-0.2, 0) is 9.53 Å². The second-order valence-corrected chi connectivity index (χ2v) is 7.16. The van der Waals surface area contributed by atoms with E-state index in [0.717, 1.165) is 53.5 Å². The van der Waals surface area contributed by atoms with Crippen LogP contribution in [0, 0.1) is 0 Å². The van der Waals surface area contributed by atoms with Crippen LogP contribution in [-0.4, -0.2) is 38.8 Å². The number of halogens is 1. The molecule has 2 aromatic carbocycles. The number of ether oxygens (including phenoxy) is 2. The van der Waals surface area contributed by atoms with Crippen molar-refractivity contribution >= 4 is 39.3 Å². The average Bonchev–Trinajstić information content (AvgIpc) is 2.68. The molecule has 0 atom stereocenters. The lowest BCUT2D eigenvalue weighted by molar-refractivity contribution is -0.113. The zero-order chi connectivity index (χ0) is 17.9. The molecule has 5 nitrogen and oxygen atoms in total. The van der Waals surface area contributed by atoms with Crippen molar-refractivity contribution in [2.45, 2.75) is 0 Å². The summed E-state index contributed by atoms with van der Waals surface area (Å²) >= 11 is 3.44. The van der Waals surface area contributed by atoms with Crippen molar-refractivity contribution in [3.63, 3.8) is 0 Å². The molecule has 0 aromatic heterocycles. The molecule has 1 saturated heterocycles. The van der Waals surface area contributed by atoms with Gasteiger partial charge in [0.2, 0.25) is 0 Å². The molecule has 2 aliphatic heterocycles. The number of fused-ring (bicyclic) bond motifs is 1. The van der Waals surface area contributed by atoms with Crippen LogP contribution in [0.15, 0.2) is 52.5 Å². The first-order valence-electron chi connectivity index (χ1n) is 8.56. The van der Waals surface area contributed by atoms with Crippen molar-refractivity contribution < 1.29 is 14.3 Å². The molecule has 6 heteroatoms. The number of morpholine rings is 1. The summed E-state index contributed by atoms with van der Waals surface area (Å²) in [6, 6.07) is 13.7. The van der Waals surface area contributed by atoms with Crippen molar-refractivity contribution in [2.24, 2.45) is 0 Å². The summed E-state index contributed by atoms with van der Waals surface area (Å²) in [7, 11) is 0. The van der Waals surface area contributed by atoms with Gasteiger partial charge >= 0.3 is 0 Å². The van der Waals surface area contributed by atoms with Crippen molar-refractivity contribution in [2.75, 3.05) is 43.1 Å². The highest BCUT2D eigenvalue weighted by Crippen LogP contribution is 2.29. The van der Waals surface area contributed by atoms with Crippen LogP contribution >= 0.6 is 15.9 Å². The molecule has 0 bridgehead atoms. The summed E-state index contributed by atoms with van der Waals surface area (Å²) in [5.74, 6) is 0.648. The van der Waals surface area contributed by atoms with Gasteiger partial charge in [0.25, 0.3) is 5.91 Å². The van der Waals surface area contributed by atoms with Gasteiger partial charge in [0.05, 0.1) is 18.8 Å². The maximum Gasteiger partial charge on any atom is 0.255 e. The first-order chi connectivity index (χ1) is 12.7. The van der Waals surface area contributed by atoms with Gasteiger partial charge in [-0.05, 0) is 48.5 Å². The predicted molar refractivity (Wildman–Crippen MR) is 106 cm³/mol. The topological polar surface area (TPSA) is 50.8 Å². The highest BCUT2D eigenvalue weighted by Gasteiger charge is 2.18. The first-order valence-corrected chi connectivity index (χ1v) is 9.35. The van der Waals surface area contributed by atoms with E-state index in [4.69, 9.17) is 9.47 Å². The van der Waals surface area contributed by atoms with Gasteiger partial charge in [-0.3, -0.25) is 4.79 Å². The number of carbonyl (C=O) groups excluding carboxylic acids is 1. The molecule has 1 amide bonds. The van der Waals surface area contributed by atoms with Crippen LogP contribution in [0.4, 0.5) is 11.4 Å². The van der Waals surface area contributed by atoms with E-state index < -0.39 is 0 Å². The highest BCUT2D eigenvalue weighted by atomic mass is 79.9. The summed E-state index contributed by atoms with van der Waals surface area (Å²) in [6.07, 6.45) is 1.88. The van der Waals surface area contributed by atoms with Gasteiger partial charge in [0.1, 0.15) is 12.4 Å². The van der Waals surface area contributed by atoms with Gasteiger partial charge in [0, 0.05) is 34.5 Å². The fourth-order valence-corrected chi connectivity index (χ4v) is 3.45. The molecule has 1 fully saturated rings. The van der Waals surface area contributed by atoms with Crippen molar-refractivity contribution in [1.82, 2.24) is 0 Å². The van der Waals surface area contributed by atoms with Gasteiger partial charge in [0.15, 0.2) is 0 Å². The van der Waals surface area contributed by atoms with Crippen LogP contribution < -0.4 is 15.0 Å². The third kappa shape index (κ3) is 3.76. The average molecular weight is 415 g/mol. The fraction of sp³-hybridized carbons (Fsp3) is 0.250. The lowest BCUT2D eigenvalue weighted by Crippen LogP contribution is -2.36. The molecule has 134 valence electrons. The number of nitrogens with zero attached hydrogens (tertiary/aromatic N) is 1. The van der Waals surface area contributed by atoms with Crippen LogP contribution in [0.1, 0.15) is 5.56 Å². The number of hydrogen-bond acceptors (Lipinski definition) is 4. The molecule has 0 aliphatic carbocycles. The minimum atomic E-state index is -0.144. The molecule has 26 heavy (non-hydrogen) atoms. The Morgan fingerprint density at radius 2 is 1.85 bits per heavy atom. The van der Waals surface area contributed by atoms with Crippen LogP contribution in [0.25, 0.3) is 6.08 Å². The first kappa shape index (κ1) is 17.1. The number of rotatable bonds is 3. The lowest BCUT2D eigenvalue weighted by Gasteiger charge is -2.28. The van der Waals surface area contributed by atoms with Gasteiger partial charge in [-0.2, -0.15) is 0 Å². The molecule has 4 rings (SSSR count). The number of anilines is 2. The van der Waals surface area contributed by atoms with E-state index in [1.165, 1.54) is 0 Å².